The highest BCUT2D eigenvalue weighted by molar-refractivity contribution is 6.03. The number of amides is 2. The van der Waals surface area contributed by atoms with Crippen LogP contribution < -0.4 is 10.6 Å². The standard InChI is InChI=1S/C15H20N2O4/c1-15(2,3)17-13(19)9-12(18)16-11-7-5-10(6-8-11)14(20)21-4/h5-8H,9H2,1-4H3,(H,16,18)(H,17,19). The van der Waals surface area contributed by atoms with Crippen molar-refractivity contribution < 1.29 is 19.1 Å². The Bertz CT molecular complexity index is 530. The van der Waals surface area contributed by atoms with E-state index in [9.17, 15) is 14.4 Å². The Morgan fingerprint density at radius 2 is 1.62 bits per heavy atom. The van der Waals surface area contributed by atoms with E-state index in [0.29, 0.717) is 11.3 Å². The zero-order chi connectivity index (χ0) is 16.0. The van der Waals surface area contributed by atoms with E-state index in [1.807, 2.05) is 20.8 Å². The van der Waals surface area contributed by atoms with E-state index in [1.165, 1.54) is 19.2 Å². The molecule has 6 nitrogen and oxygen atoms in total. The fourth-order valence-corrected chi connectivity index (χ4v) is 1.62. The molecule has 0 atom stereocenters. The third-order valence-electron chi connectivity index (χ3n) is 2.43. The molecule has 1 rings (SSSR count). The van der Waals surface area contributed by atoms with Crippen molar-refractivity contribution in [3.05, 3.63) is 29.8 Å². The molecule has 1 aromatic carbocycles. The first-order chi connectivity index (χ1) is 9.71. The Morgan fingerprint density at radius 3 is 2.10 bits per heavy atom. The van der Waals surface area contributed by atoms with Crippen molar-refractivity contribution in [2.24, 2.45) is 0 Å². The van der Waals surface area contributed by atoms with Crippen molar-refractivity contribution in [3.63, 3.8) is 0 Å². The van der Waals surface area contributed by atoms with E-state index < -0.39 is 11.9 Å². The van der Waals surface area contributed by atoms with Gasteiger partial charge in [-0.2, -0.15) is 0 Å². The number of esters is 1. The molecule has 114 valence electrons. The lowest BCUT2D eigenvalue weighted by molar-refractivity contribution is -0.127. The minimum atomic E-state index is -0.447. The average Bonchev–Trinajstić information content (AvgIpc) is 2.36. The van der Waals surface area contributed by atoms with Crippen molar-refractivity contribution in [1.82, 2.24) is 5.32 Å². The second-order valence-electron chi connectivity index (χ2n) is 5.59. The first-order valence-corrected chi connectivity index (χ1v) is 6.50. The predicted molar refractivity (Wildman–Crippen MR) is 78.9 cm³/mol. The number of benzene rings is 1. The van der Waals surface area contributed by atoms with Gasteiger partial charge in [-0.1, -0.05) is 0 Å². The Balaban J connectivity index is 2.55. The van der Waals surface area contributed by atoms with Gasteiger partial charge in [-0.25, -0.2) is 4.79 Å². The van der Waals surface area contributed by atoms with Gasteiger partial charge < -0.3 is 15.4 Å². The summed E-state index contributed by atoms with van der Waals surface area (Å²) < 4.78 is 4.58. The van der Waals surface area contributed by atoms with Gasteiger partial charge in [-0.05, 0) is 45.0 Å². The summed E-state index contributed by atoms with van der Waals surface area (Å²) in [6.45, 7) is 5.52. The first-order valence-electron chi connectivity index (χ1n) is 6.50. The number of carbonyl (C=O) groups is 3. The quantitative estimate of drug-likeness (QED) is 0.653. The van der Waals surface area contributed by atoms with Crippen LogP contribution in [0, 0.1) is 0 Å². The van der Waals surface area contributed by atoms with Crippen LogP contribution in [0.5, 0.6) is 0 Å². The van der Waals surface area contributed by atoms with Gasteiger partial charge in [0, 0.05) is 11.2 Å². The minimum Gasteiger partial charge on any atom is -0.465 e. The molecule has 0 radical (unpaired) electrons. The molecule has 2 amide bonds. The van der Waals surface area contributed by atoms with E-state index in [0.717, 1.165) is 0 Å². The summed E-state index contributed by atoms with van der Waals surface area (Å²) in [4.78, 5) is 34.6. The fourth-order valence-electron chi connectivity index (χ4n) is 1.62. The van der Waals surface area contributed by atoms with Gasteiger partial charge in [0.15, 0.2) is 0 Å². The highest BCUT2D eigenvalue weighted by atomic mass is 16.5. The van der Waals surface area contributed by atoms with Gasteiger partial charge in [0.1, 0.15) is 6.42 Å². The molecule has 0 bridgehead atoms. The zero-order valence-corrected chi connectivity index (χ0v) is 12.6. The van der Waals surface area contributed by atoms with E-state index in [2.05, 4.69) is 15.4 Å². The van der Waals surface area contributed by atoms with Gasteiger partial charge in [0.25, 0.3) is 0 Å². The molecule has 0 heterocycles. The molecule has 0 saturated carbocycles. The Labute approximate surface area is 123 Å². The van der Waals surface area contributed by atoms with Crippen molar-refractivity contribution in [2.45, 2.75) is 32.7 Å². The average molecular weight is 292 g/mol. The number of rotatable bonds is 4. The second-order valence-corrected chi connectivity index (χ2v) is 5.59. The summed E-state index contributed by atoms with van der Waals surface area (Å²) in [6.07, 6.45) is -0.254. The number of nitrogens with one attached hydrogen (secondary N) is 2. The van der Waals surface area contributed by atoms with Gasteiger partial charge in [0.2, 0.25) is 11.8 Å². The summed E-state index contributed by atoms with van der Waals surface area (Å²) in [5.41, 5.74) is 0.525. The van der Waals surface area contributed by atoms with Crippen molar-refractivity contribution in [2.75, 3.05) is 12.4 Å². The zero-order valence-electron chi connectivity index (χ0n) is 12.6. The van der Waals surface area contributed by atoms with Crippen LogP contribution in [0.15, 0.2) is 24.3 Å². The number of methoxy groups -OCH3 is 1. The molecular weight excluding hydrogens is 272 g/mol. The molecule has 6 heteroatoms. The summed E-state index contributed by atoms with van der Waals surface area (Å²) in [6, 6.07) is 6.23. The van der Waals surface area contributed by atoms with Crippen LogP contribution in [-0.2, 0) is 14.3 Å². The van der Waals surface area contributed by atoms with Crippen LogP contribution in [0.1, 0.15) is 37.6 Å². The molecule has 0 aliphatic carbocycles. The minimum absolute atomic E-state index is 0.254. The Morgan fingerprint density at radius 1 is 1.05 bits per heavy atom. The molecule has 0 unspecified atom stereocenters. The maximum Gasteiger partial charge on any atom is 0.337 e. The third kappa shape index (κ3) is 6.07. The lowest BCUT2D eigenvalue weighted by Crippen LogP contribution is -2.41. The molecule has 0 spiro atoms. The molecule has 0 fully saturated rings. The van der Waals surface area contributed by atoms with Crippen LogP contribution in [-0.4, -0.2) is 30.4 Å². The Hall–Kier alpha value is -2.37. The van der Waals surface area contributed by atoms with Gasteiger partial charge in [-0.15, -0.1) is 0 Å². The molecule has 0 aliphatic rings. The molecule has 0 aliphatic heterocycles. The van der Waals surface area contributed by atoms with Gasteiger partial charge >= 0.3 is 5.97 Å². The smallest absolute Gasteiger partial charge is 0.337 e. The Kier molecular flexibility index (Phi) is 5.46. The van der Waals surface area contributed by atoms with Crippen molar-refractivity contribution >= 4 is 23.5 Å². The van der Waals surface area contributed by atoms with E-state index in [-0.39, 0.29) is 17.9 Å². The summed E-state index contributed by atoms with van der Waals surface area (Å²) in [7, 11) is 1.30. The second kappa shape index (κ2) is 6.88. The predicted octanol–water partition coefficient (Wildman–Crippen LogP) is 1.72. The molecule has 0 saturated heterocycles. The highest BCUT2D eigenvalue weighted by Crippen LogP contribution is 2.11. The van der Waals surface area contributed by atoms with Crippen LogP contribution in [0.25, 0.3) is 0 Å². The van der Waals surface area contributed by atoms with E-state index in [1.54, 1.807) is 12.1 Å². The molecule has 21 heavy (non-hydrogen) atoms. The van der Waals surface area contributed by atoms with Crippen LogP contribution in [0.2, 0.25) is 0 Å². The lowest BCUT2D eigenvalue weighted by Gasteiger charge is -2.20. The maximum absolute atomic E-state index is 11.7. The lowest BCUT2D eigenvalue weighted by atomic mass is 10.1. The number of ether oxygens (including phenoxy) is 1. The van der Waals surface area contributed by atoms with Gasteiger partial charge in [0.05, 0.1) is 12.7 Å². The largest absolute Gasteiger partial charge is 0.465 e. The van der Waals surface area contributed by atoms with E-state index in [4.69, 9.17) is 0 Å². The summed E-state index contributed by atoms with van der Waals surface area (Å²) in [5, 5.41) is 5.30. The number of hydrogen-bond donors (Lipinski definition) is 2. The van der Waals surface area contributed by atoms with Crippen LogP contribution in [0.3, 0.4) is 0 Å². The molecule has 1 aromatic rings. The maximum atomic E-state index is 11.7. The van der Waals surface area contributed by atoms with Crippen molar-refractivity contribution in [1.29, 1.82) is 0 Å². The summed E-state index contributed by atoms with van der Waals surface area (Å²) in [5.74, 6) is -1.20. The number of hydrogen-bond acceptors (Lipinski definition) is 4. The number of anilines is 1. The molecule has 0 aromatic heterocycles. The fraction of sp³-hybridized carbons (Fsp3) is 0.400. The number of carbonyl (C=O) groups excluding carboxylic acids is 3. The first kappa shape index (κ1) is 16.7. The molecular formula is C15H20N2O4. The summed E-state index contributed by atoms with van der Waals surface area (Å²) >= 11 is 0. The topological polar surface area (TPSA) is 84.5 Å². The van der Waals surface area contributed by atoms with Gasteiger partial charge in [-0.3, -0.25) is 9.59 Å². The SMILES string of the molecule is COC(=O)c1ccc(NC(=O)CC(=O)NC(C)(C)C)cc1. The highest BCUT2D eigenvalue weighted by Gasteiger charge is 2.16. The van der Waals surface area contributed by atoms with E-state index >= 15 is 0 Å². The normalized spacial score (nSPS) is 10.7. The third-order valence-corrected chi connectivity index (χ3v) is 2.43. The van der Waals surface area contributed by atoms with Crippen LogP contribution in [0.4, 0.5) is 5.69 Å². The monoisotopic (exact) mass is 292 g/mol. The van der Waals surface area contributed by atoms with Crippen LogP contribution >= 0.6 is 0 Å². The van der Waals surface area contributed by atoms with Crippen molar-refractivity contribution in [3.8, 4) is 0 Å². The molecule has 2 N–H and O–H groups in total.